The van der Waals surface area contributed by atoms with Crippen molar-refractivity contribution in [3.05, 3.63) is 0 Å². The van der Waals surface area contributed by atoms with Crippen molar-refractivity contribution in [2.24, 2.45) is 5.41 Å². The van der Waals surface area contributed by atoms with Crippen molar-refractivity contribution in [3.8, 4) is 0 Å². The predicted molar refractivity (Wildman–Crippen MR) is 59.7 cm³/mol. The molecule has 5 nitrogen and oxygen atoms in total. The number of hydrogen-bond acceptors (Lipinski definition) is 3. The molecule has 0 spiro atoms. The molecule has 2 amide bonds. The summed E-state index contributed by atoms with van der Waals surface area (Å²) in [6, 6.07) is -0.113. The lowest BCUT2D eigenvalue weighted by Gasteiger charge is -2.37. The second kappa shape index (κ2) is 4.31. The van der Waals surface area contributed by atoms with Crippen LogP contribution in [0.3, 0.4) is 0 Å². The van der Waals surface area contributed by atoms with Crippen LogP contribution >= 0.6 is 0 Å². The zero-order valence-electron chi connectivity index (χ0n) is 10.6. The van der Waals surface area contributed by atoms with Gasteiger partial charge in [-0.05, 0) is 20.8 Å². The summed E-state index contributed by atoms with van der Waals surface area (Å²) in [5, 5.41) is 0. The van der Waals surface area contributed by atoms with Gasteiger partial charge in [0.05, 0.1) is 5.41 Å². The minimum absolute atomic E-state index is 0.113. The number of amides is 2. The molecule has 0 radical (unpaired) electrons. The number of ether oxygens (including phenoxy) is 1. The number of carbonyl (C=O) groups excluding carboxylic acids is 2. The third-order valence-corrected chi connectivity index (χ3v) is 2.63. The van der Waals surface area contributed by atoms with E-state index in [4.69, 9.17) is 4.74 Å². The van der Waals surface area contributed by atoms with Crippen LogP contribution < -0.4 is 0 Å². The monoisotopic (exact) mass is 228 g/mol. The van der Waals surface area contributed by atoms with Gasteiger partial charge in [-0.3, -0.25) is 9.69 Å². The van der Waals surface area contributed by atoms with Gasteiger partial charge in [-0.1, -0.05) is 0 Å². The summed E-state index contributed by atoms with van der Waals surface area (Å²) in [6.07, 6.45) is 0.219. The molecule has 1 atom stereocenters. The molecule has 92 valence electrons. The van der Waals surface area contributed by atoms with Gasteiger partial charge < -0.3 is 9.64 Å². The number of hydrogen-bond donors (Lipinski definition) is 0. The molecule has 16 heavy (non-hydrogen) atoms. The predicted octanol–water partition coefficient (Wildman–Crippen LogP) is 1.29. The molecule has 0 aromatic rings. The molecule has 1 saturated heterocycles. The van der Waals surface area contributed by atoms with E-state index in [1.54, 1.807) is 39.8 Å². The van der Waals surface area contributed by atoms with Crippen molar-refractivity contribution in [2.45, 2.75) is 33.4 Å². The zero-order chi connectivity index (χ0) is 12.5. The number of carbonyl (C=O) groups is 2. The molecule has 1 fully saturated rings. The van der Waals surface area contributed by atoms with Gasteiger partial charge in [0, 0.05) is 27.1 Å². The van der Waals surface area contributed by atoms with Crippen molar-refractivity contribution in [1.29, 1.82) is 0 Å². The highest BCUT2D eigenvalue weighted by Crippen LogP contribution is 2.20. The molecule has 0 bridgehead atoms. The minimum Gasteiger partial charge on any atom is -0.441 e. The van der Waals surface area contributed by atoms with Gasteiger partial charge >= 0.3 is 12.0 Å². The molecule has 1 aliphatic heterocycles. The van der Waals surface area contributed by atoms with Gasteiger partial charge in [-0.2, -0.15) is 0 Å². The smallest absolute Gasteiger partial charge is 0.322 e. The fourth-order valence-corrected chi connectivity index (χ4v) is 1.42. The summed E-state index contributed by atoms with van der Waals surface area (Å²) < 4.78 is 5.33. The average Bonchev–Trinajstić information content (AvgIpc) is 2.17. The topological polar surface area (TPSA) is 49.9 Å². The molecule has 1 rings (SSSR count). The van der Waals surface area contributed by atoms with Gasteiger partial charge in [0.25, 0.3) is 0 Å². The quantitative estimate of drug-likeness (QED) is 0.635. The molecule has 0 aromatic heterocycles. The minimum atomic E-state index is -0.534. The molecule has 1 aliphatic rings. The first kappa shape index (κ1) is 12.8. The van der Waals surface area contributed by atoms with Crippen LogP contribution in [-0.2, 0) is 9.53 Å². The van der Waals surface area contributed by atoms with Crippen LogP contribution in [0.5, 0.6) is 0 Å². The summed E-state index contributed by atoms with van der Waals surface area (Å²) in [4.78, 5) is 26.4. The largest absolute Gasteiger partial charge is 0.441 e. The Morgan fingerprint density at radius 1 is 1.38 bits per heavy atom. The third-order valence-electron chi connectivity index (χ3n) is 2.63. The van der Waals surface area contributed by atoms with E-state index >= 15 is 0 Å². The Labute approximate surface area is 96.3 Å². The molecule has 1 heterocycles. The third kappa shape index (κ3) is 2.65. The maximum atomic E-state index is 11.7. The molecule has 0 aliphatic carbocycles. The number of urea groups is 1. The van der Waals surface area contributed by atoms with Crippen LogP contribution in [-0.4, -0.2) is 48.7 Å². The number of nitrogens with zero attached hydrogens (tertiary/aromatic N) is 2. The maximum absolute atomic E-state index is 11.7. The van der Waals surface area contributed by atoms with E-state index in [1.165, 1.54) is 4.90 Å². The lowest BCUT2D eigenvalue weighted by atomic mass is 9.97. The Hall–Kier alpha value is -1.26. The summed E-state index contributed by atoms with van der Waals surface area (Å²) in [5.41, 5.74) is -0.534. The molecular formula is C11H20N2O3. The van der Waals surface area contributed by atoms with Crippen LogP contribution in [0.1, 0.15) is 27.2 Å². The lowest BCUT2D eigenvalue weighted by Crippen LogP contribution is -2.53. The first-order valence-electron chi connectivity index (χ1n) is 5.42. The average molecular weight is 228 g/mol. The highest BCUT2D eigenvalue weighted by Gasteiger charge is 2.33. The molecule has 0 N–H and O–H groups in total. The van der Waals surface area contributed by atoms with Crippen LogP contribution in [0.15, 0.2) is 0 Å². The summed E-state index contributed by atoms with van der Waals surface area (Å²) in [5.74, 6) is -0.276. The highest BCUT2D eigenvalue weighted by molar-refractivity contribution is 5.77. The van der Waals surface area contributed by atoms with Gasteiger partial charge in [0.15, 0.2) is 6.23 Å². The standard InChI is InChI=1S/C11H20N2O3/c1-11(2,3)9(14)16-8-6-7-12(4)10(15)13(8)5/h8H,6-7H2,1-5H3. The summed E-state index contributed by atoms with van der Waals surface area (Å²) >= 11 is 0. The van der Waals surface area contributed by atoms with Crippen LogP contribution in [0.25, 0.3) is 0 Å². The van der Waals surface area contributed by atoms with E-state index in [2.05, 4.69) is 0 Å². The van der Waals surface area contributed by atoms with E-state index < -0.39 is 11.6 Å². The van der Waals surface area contributed by atoms with E-state index in [1.807, 2.05) is 0 Å². The first-order valence-corrected chi connectivity index (χ1v) is 5.42. The second-order valence-electron chi connectivity index (χ2n) is 5.21. The number of esters is 1. The van der Waals surface area contributed by atoms with E-state index in [9.17, 15) is 9.59 Å². The van der Waals surface area contributed by atoms with Crippen molar-refractivity contribution in [3.63, 3.8) is 0 Å². The van der Waals surface area contributed by atoms with Crippen molar-refractivity contribution in [2.75, 3.05) is 20.6 Å². The normalized spacial score (nSPS) is 22.3. The molecule has 1 unspecified atom stereocenters. The van der Waals surface area contributed by atoms with Crippen LogP contribution in [0, 0.1) is 5.41 Å². The van der Waals surface area contributed by atoms with Gasteiger partial charge in [0.2, 0.25) is 0 Å². The zero-order valence-corrected chi connectivity index (χ0v) is 10.6. The van der Waals surface area contributed by atoms with E-state index in [-0.39, 0.29) is 12.0 Å². The van der Waals surface area contributed by atoms with Crippen molar-refractivity contribution in [1.82, 2.24) is 9.80 Å². The Balaban J connectivity index is 2.63. The van der Waals surface area contributed by atoms with E-state index in [0.29, 0.717) is 13.0 Å². The maximum Gasteiger partial charge on any atom is 0.322 e. The van der Waals surface area contributed by atoms with Gasteiger partial charge in [-0.25, -0.2) is 4.79 Å². The summed E-state index contributed by atoms with van der Waals surface area (Å²) in [7, 11) is 3.39. The van der Waals surface area contributed by atoms with Crippen LogP contribution in [0.4, 0.5) is 4.79 Å². The van der Waals surface area contributed by atoms with Crippen molar-refractivity contribution < 1.29 is 14.3 Å². The molecule has 5 heteroatoms. The molecule has 0 saturated carbocycles. The SMILES string of the molecule is CN1CCC(OC(=O)C(C)(C)C)N(C)C1=O. The lowest BCUT2D eigenvalue weighted by molar-refractivity contribution is -0.167. The molecular weight excluding hydrogens is 208 g/mol. The summed E-state index contributed by atoms with van der Waals surface area (Å²) in [6.45, 7) is 6.01. The van der Waals surface area contributed by atoms with Gasteiger partial charge in [-0.15, -0.1) is 0 Å². The Bertz CT molecular complexity index is 296. The molecule has 0 aromatic carbocycles. The fraction of sp³-hybridized carbons (Fsp3) is 0.818. The van der Waals surface area contributed by atoms with E-state index in [0.717, 1.165) is 0 Å². The number of rotatable bonds is 1. The fourth-order valence-electron chi connectivity index (χ4n) is 1.42. The Kier molecular flexibility index (Phi) is 3.45. The van der Waals surface area contributed by atoms with Gasteiger partial charge in [0.1, 0.15) is 0 Å². The second-order valence-corrected chi connectivity index (χ2v) is 5.21. The first-order chi connectivity index (χ1) is 7.23. The van der Waals surface area contributed by atoms with Crippen LogP contribution in [0.2, 0.25) is 0 Å². The Morgan fingerprint density at radius 2 is 1.94 bits per heavy atom. The highest BCUT2D eigenvalue weighted by atomic mass is 16.6. The Morgan fingerprint density at radius 3 is 2.44 bits per heavy atom. The van der Waals surface area contributed by atoms with Crippen molar-refractivity contribution >= 4 is 12.0 Å².